The molecule has 0 heterocycles. The summed E-state index contributed by atoms with van der Waals surface area (Å²) < 4.78 is 29.2. The highest BCUT2D eigenvalue weighted by Crippen LogP contribution is 2.17. The molecule has 0 aliphatic heterocycles. The van der Waals surface area contributed by atoms with Gasteiger partial charge < -0.3 is 4.74 Å². The zero-order valence-electron chi connectivity index (χ0n) is 11.9. The lowest BCUT2D eigenvalue weighted by molar-refractivity contribution is 0.414. The van der Waals surface area contributed by atoms with E-state index >= 15 is 0 Å². The van der Waals surface area contributed by atoms with Crippen LogP contribution in [0.1, 0.15) is 11.6 Å². The zero-order chi connectivity index (χ0) is 16.0. The average molecular weight is 317 g/mol. The van der Waals surface area contributed by atoms with Gasteiger partial charge in [0.25, 0.3) is 10.0 Å². The van der Waals surface area contributed by atoms with Crippen molar-refractivity contribution in [3.05, 3.63) is 60.2 Å². The Balaban J connectivity index is 2.09. The first-order valence-electron chi connectivity index (χ1n) is 6.43. The van der Waals surface area contributed by atoms with Gasteiger partial charge in [-0.25, -0.2) is 13.8 Å². The molecule has 0 fully saturated rings. The van der Waals surface area contributed by atoms with E-state index in [1.165, 1.54) is 12.1 Å². The predicted molar refractivity (Wildman–Crippen MR) is 81.2 cm³/mol. The molecule has 0 aliphatic rings. The van der Waals surface area contributed by atoms with Crippen molar-refractivity contribution in [1.29, 1.82) is 5.26 Å². The fraction of sp³-hybridized carbons (Fsp3) is 0.133. The minimum atomic E-state index is -3.72. The minimum Gasteiger partial charge on any atom is -0.497 e. The molecule has 1 unspecified atom stereocenters. The highest BCUT2D eigenvalue weighted by Gasteiger charge is 2.17. The van der Waals surface area contributed by atoms with E-state index in [1.54, 1.807) is 49.6 Å². The SMILES string of the molecule is COc1ccc(C(C#N)NNS(=O)(=O)c2ccccc2)cc1. The minimum absolute atomic E-state index is 0.119. The topological polar surface area (TPSA) is 91.2 Å². The molecule has 0 spiro atoms. The van der Waals surface area contributed by atoms with E-state index in [1.807, 2.05) is 6.07 Å². The quantitative estimate of drug-likeness (QED) is 0.792. The lowest BCUT2D eigenvalue weighted by atomic mass is 10.1. The van der Waals surface area contributed by atoms with Crippen molar-refractivity contribution in [1.82, 2.24) is 10.3 Å². The van der Waals surface area contributed by atoms with Crippen LogP contribution in [0.15, 0.2) is 59.5 Å². The molecule has 1 atom stereocenters. The molecule has 0 radical (unpaired) electrons. The Labute approximate surface area is 129 Å². The van der Waals surface area contributed by atoms with E-state index in [4.69, 9.17) is 4.74 Å². The Morgan fingerprint density at radius 1 is 1.09 bits per heavy atom. The van der Waals surface area contributed by atoms with Crippen molar-refractivity contribution in [2.24, 2.45) is 0 Å². The third-order valence-electron chi connectivity index (χ3n) is 2.97. The normalized spacial score (nSPS) is 12.4. The smallest absolute Gasteiger partial charge is 0.253 e. The number of nitriles is 1. The van der Waals surface area contributed by atoms with Crippen molar-refractivity contribution in [3.8, 4) is 11.8 Å². The third-order valence-corrected chi connectivity index (χ3v) is 4.25. The lowest BCUT2D eigenvalue weighted by Gasteiger charge is -2.13. The first-order valence-corrected chi connectivity index (χ1v) is 7.91. The van der Waals surface area contributed by atoms with Crippen LogP contribution in [0.3, 0.4) is 0 Å². The van der Waals surface area contributed by atoms with Crippen LogP contribution in [0.4, 0.5) is 0 Å². The van der Waals surface area contributed by atoms with Crippen LogP contribution in [0.2, 0.25) is 0 Å². The van der Waals surface area contributed by atoms with Gasteiger partial charge in [-0.05, 0) is 29.8 Å². The summed E-state index contributed by atoms with van der Waals surface area (Å²) in [6.07, 6.45) is 0. The fourth-order valence-electron chi connectivity index (χ4n) is 1.78. The number of sulfonamides is 1. The van der Waals surface area contributed by atoms with Gasteiger partial charge in [0.15, 0.2) is 0 Å². The summed E-state index contributed by atoms with van der Waals surface area (Å²) >= 11 is 0. The Kier molecular flexibility index (Phi) is 5.12. The molecule has 0 aromatic heterocycles. The summed E-state index contributed by atoms with van der Waals surface area (Å²) in [6, 6.07) is 15.9. The van der Waals surface area contributed by atoms with Crippen LogP contribution >= 0.6 is 0 Å². The monoisotopic (exact) mass is 317 g/mol. The predicted octanol–water partition coefficient (Wildman–Crippen LogP) is 1.74. The summed E-state index contributed by atoms with van der Waals surface area (Å²) in [6.45, 7) is 0. The number of hydrogen-bond acceptors (Lipinski definition) is 5. The second-order valence-corrected chi connectivity index (χ2v) is 6.08. The van der Waals surface area contributed by atoms with Gasteiger partial charge in [0.2, 0.25) is 0 Å². The van der Waals surface area contributed by atoms with Crippen LogP contribution in [0, 0.1) is 11.3 Å². The second kappa shape index (κ2) is 7.04. The maximum Gasteiger partial charge on any atom is 0.253 e. The second-order valence-electron chi connectivity index (χ2n) is 4.40. The van der Waals surface area contributed by atoms with Crippen LogP contribution in [0.5, 0.6) is 5.75 Å². The first kappa shape index (κ1) is 16.0. The van der Waals surface area contributed by atoms with Crippen molar-refractivity contribution >= 4 is 10.0 Å². The van der Waals surface area contributed by atoms with Crippen molar-refractivity contribution < 1.29 is 13.2 Å². The van der Waals surface area contributed by atoms with Gasteiger partial charge in [0.05, 0.1) is 18.1 Å². The molecule has 2 N–H and O–H groups in total. The number of hydrazine groups is 1. The maximum atomic E-state index is 12.1. The van der Waals surface area contributed by atoms with E-state index in [-0.39, 0.29) is 4.90 Å². The zero-order valence-corrected chi connectivity index (χ0v) is 12.7. The van der Waals surface area contributed by atoms with Gasteiger partial charge in [-0.2, -0.15) is 5.26 Å². The van der Waals surface area contributed by atoms with Crippen molar-refractivity contribution in [3.63, 3.8) is 0 Å². The number of nitrogens with zero attached hydrogens (tertiary/aromatic N) is 1. The summed E-state index contributed by atoms with van der Waals surface area (Å²) in [5.41, 5.74) is 3.15. The largest absolute Gasteiger partial charge is 0.497 e. The van der Waals surface area contributed by atoms with Crippen molar-refractivity contribution in [2.45, 2.75) is 10.9 Å². The standard InChI is InChI=1S/C15H15N3O3S/c1-21-13-9-7-12(8-10-13)15(11-16)17-18-22(19,20)14-5-3-2-4-6-14/h2-10,15,17-18H,1H3. The highest BCUT2D eigenvalue weighted by molar-refractivity contribution is 7.89. The summed E-state index contributed by atoms with van der Waals surface area (Å²) in [5, 5.41) is 9.19. The molecule has 2 aromatic rings. The van der Waals surface area contributed by atoms with Crippen LogP contribution in [-0.4, -0.2) is 15.5 Å². The Morgan fingerprint density at radius 2 is 1.73 bits per heavy atom. The maximum absolute atomic E-state index is 12.1. The molecule has 7 heteroatoms. The molecular weight excluding hydrogens is 302 g/mol. The van der Waals surface area contributed by atoms with Crippen LogP contribution < -0.4 is 15.0 Å². The molecule has 2 aromatic carbocycles. The van der Waals surface area contributed by atoms with Gasteiger partial charge in [0.1, 0.15) is 11.8 Å². The van der Waals surface area contributed by atoms with E-state index in [9.17, 15) is 13.7 Å². The fourth-order valence-corrected chi connectivity index (χ4v) is 2.69. The van der Waals surface area contributed by atoms with Crippen molar-refractivity contribution in [2.75, 3.05) is 7.11 Å². The van der Waals surface area contributed by atoms with Gasteiger partial charge in [-0.15, -0.1) is 4.83 Å². The van der Waals surface area contributed by atoms with E-state index < -0.39 is 16.1 Å². The number of methoxy groups -OCH3 is 1. The van der Waals surface area contributed by atoms with Crippen LogP contribution in [0.25, 0.3) is 0 Å². The van der Waals surface area contributed by atoms with Gasteiger partial charge in [-0.3, -0.25) is 0 Å². The Bertz CT molecular complexity index is 753. The summed E-state index contributed by atoms with van der Waals surface area (Å²) in [4.78, 5) is 2.34. The van der Waals surface area contributed by atoms with E-state index in [2.05, 4.69) is 10.3 Å². The molecule has 0 amide bonds. The molecule has 2 rings (SSSR count). The van der Waals surface area contributed by atoms with Gasteiger partial charge >= 0.3 is 0 Å². The number of ether oxygens (including phenoxy) is 1. The molecule has 22 heavy (non-hydrogen) atoms. The molecule has 0 bridgehead atoms. The first-order chi connectivity index (χ1) is 10.6. The number of hydrogen-bond donors (Lipinski definition) is 2. The number of nitrogens with one attached hydrogen (secondary N) is 2. The number of benzene rings is 2. The average Bonchev–Trinajstić information content (AvgIpc) is 2.57. The van der Waals surface area contributed by atoms with Crippen LogP contribution in [-0.2, 0) is 10.0 Å². The third kappa shape index (κ3) is 3.83. The van der Waals surface area contributed by atoms with Gasteiger partial charge in [-0.1, -0.05) is 30.3 Å². The van der Waals surface area contributed by atoms with E-state index in [0.717, 1.165) is 0 Å². The summed E-state index contributed by atoms with van der Waals surface area (Å²) in [7, 11) is -2.18. The molecule has 0 saturated carbocycles. The highest BCUT2D eigenvalue weighted by atomic mass is 32.2. The molecule has 6 nitrogen and oxygen atoms in total. The summed E-state index contributed by atoms with van der Waals surface area (Å²) in [5.74, 6) is 0.658. The Hall–Kier alpha value is -2.40. The molecule has 114 valence electrons. The number of rotatable bonds is 6. The molecule has 0 aliphatic carbocycles. The Morgan fingerprint density at radius 3 is 2.27 bits per heavy atom. The molecular formula is C15H15N3O3S. The molecule has 0 saturated heterocycles. The van der Waals surface area contributed by atoms with Gasteiger partial charge in [0, 0.05) is 0 Å². The van der Waals surface area contributed by atoms with E-state index in [0.29, 0.717) is 11.3 Å². The lowest BCUT2D eigenvalue weighted by Crippen LogP contribution is -2.39.